The smallest absolute Gasteiger partial charge is 0.0926 e. The van der Waals surface area contributed by atoms with Crippen molar-refractivity contribution < 1.29 is 0 Å². The summed E-state index contributed by atoms with van der Waals surface area (Å²) in [4.78, 5) is 8.81. The van der Waals surface area contributed by atoms with Crippen molar-refractivity contribution in [1.29, 1.82) is 0 Å². The summed E-state index contributed by atoms with van der Waals surface area (Å²) in [6.45, 7) is 5.07. The average Bonchev–Trinajstić information content (AvgIpc) is 2.96. The third-order valence-electron chi connectivity index (χ3n) is 2.39. The molecule has 86 valence electrons. The quantitative estimate of drug-likeness (QED) is 0.890. The highest BCUT2D eigenvalue weighted by atomic mass is 32.1. The third kappa shape index (κ3) is 2.87. The molecule has 5 heteroatoms. The first kappa shape index (κ1) is 11.7. The summed E-state index contributed by atoms with van der Waals surface area (Å²) in [6, 6.07) is 0.290. The molecule has 0 aliphatic heterocycles. The maximum Gasteiger partial charge on any atom is 0.0926 e. The molecule has 0 aromatic carbocycles. The number of rotatable bonds is 5. The molecule has 0 saturated carbocycles. The van der Waals surface area contributed by atoms with Crippen molar-refractivity contribution >= 4 is 22.7 Å². The van der Waals surface area contributed by atoms with Crippen LogP contribution < -0.4 is 5.32 Å². The van der Waals surface area contributed by atoms with E-state index in [-0.39, 0.29) is 6.04 Å². The van der Waals surface area contributed by atoms with Gasteiger partial charge in [-0.3, -0.25) is 0 Å². The lowest BCUT2D eigenvalue weighted by molar-refractivity contribution is 0.558. The first-order chi connectivity index (χ1) is 7.79. The van der Waals surface area contributed by atoms with E-state index in [1.165, 1.54) is 5.01 Å². The first-order valence-electron chi connectivity index (χ1n) is 5.34. The molecule has 1 atom stereocenters. The molecule has 0 aliphatic rings. The Hall–Kier alpha value is -0.780. The van der Waals surface area contributed by atoms with Gasteiger partial charge in [-0.15, -0.1) is 22.7 Å². The van der Waals surface area contributed by atoms with Crippen LogP contribution in [0, 0.1) is 0 Å². The summed E-state index contributed by atoms with van der Waals surface area (Å²) in [5, 5.41) is 8.84. The second kappa shape index (κ2) is 5.52. The minimum absolute atomic E-state index is 0.290. The van der Waals surface area contributed by atoms with Gasteiger partial charge in [0.05, 0.1) is 21.9 Å². The van der Waals surface area contributed by atoms with Gasteiger partial charge in [-0.25, -0.2) is 9.97 Å². The van der Waals surface area contributed by atoms with Crippen molar-refractivity contribution in [2.24, 2.45) is 0 Å². The zero-order valence-corrected chi connectivity index (χ0v) is 11.1. The fraction of sp³-hybridized carbons (Fsp3) is 0.455. The van der Waals surface area contributed by atoms with Gasteiger partial charge in [0.2, 0.25) is 0 Å². The van der Waals surface area contributed by atoms with Crippen LogP contribution in [0.15, 0.2) is 16.3 Å². The van der Waals surface area contributed by atoms with Crippen LogP contribution in [0.5, 0.6) is 0 Å². The summed E-state index contributed by atoms with van der Waals surface area (Å²) in [7, 11) is 0. The van der Waals surface area contributed by atoms with Crippen molar-refractivity contribution in [3.8, 4) is 0 Å². The third-order valence-corrected chi connectivity index (χ3v) is 4.03. The van der Waals surface area contributed by atoms with Crippen molar-refractivity contribution in [3.63, 3.8) is 0 Å². The van der Waals surface area contributed by atoms with Crippen LogP contribution >= 0.6 is 22.7 Å². The lowest BCUT2D eigenvalue weighted by atomic mass is 10.2. The Bertz CT molecular complexity index is 422. The van der Waals surface area contributed by atoms with Crippen LogP contribution in [-0.2, 0) is 13.0 Å². The normalized spacial score (nSPS) is 12.9. The van der Waals surface area contributed by atoms with Gasteiger partial charge in [-0.2, -0.15) is 0 Å². The predicted molar refractivity (Wildman–Crippen MR) is 68.9 cm³/mol. The van der Waals surface area contributed by atoms with Gasteiger partial charge in [-0.05, 0) is 13.3 Å². The Morgan fingerprint density at radius 3 is 2.94 bits per heavy atom. The number of aromatic nitrogens is 2. The maximum absolute atomic E-state index is 4.52. The molecule has 0 aliphatic carbocycles. The zero-order valence-electron chi connectivity index (χ0n) is 9.43. The van der Waals surface area contributed by atoms with Crippen LogP contribution in [0.2, 0.25) is 0 Å². The van der Waals surface area contributed by atoms with Gasteiger partial charge in [0.15, 0.2) is 0 Å². The Kier molecular flexibility index (Phi) is 4.04. The van der Waals surface area contributed by atoms with Gasteiger partial charge in [0.25, 0.3) is 0 Å². The molecule has 0 radical (unpaired) electrons. The van der Waals surface area contributed by atoms with E-state index in [0.717, 1.165) is 24.4 Å². The predicted octanol–water partition coefficient (Wildman–Crippen LogP) is 3.01. The lowest BCUT2D eigenvalue weighted by Crippen LogP contribution is -2.18. The molecule has 2 aromatic rings. The van der Waals surface area contributed by atoms with E-state index in [9.17, 15) is 0 Å². The molecule has 16 heavy (non-hydrogen) atoms. The first-order valence-corrected chi connectivity index (χ1v) is 7.16. The molecule has 3 nitrogen and oxygen atoms in total. The SMILES string of the molecule is CCc1nc(CNC(C)c2cscn2)cs1. The highest BCUT2D eigenvalue weighted by Gasteiger charge is 2.07. The van der Waals surface area contributed by atoms with Crippen LogP contribution in [-0.4, -0.2) is 9.97 Å². The van der Waals surface area contributed by atoms with E-state index in [1.54, 1.807) is 22.7 Å². The van der Waals surface area contributed by atoms with Gasteiger partial charge in [0, 0.05) is 23.3 Å². The van der Waals surface area contributed by atoms with E-state index in [4.69, 9.17) is 0 Å². The van der Waals surface area contributed by atoms with E-state index in [1.807, 2.05) is 5.51 Å². The van der Waals surface area contributed by atoms with Gasteiger partial charge in [-0.1, -0.05) is 6.92 Å². The summed E-state index contributed by atoms with van der Waals surface area (Å²) in [6.07, 6.45) is 1.02. The minimum atomic E-state index is 0.290. The van der Waals surface area contributed by atoms with Crippen molar-refractivity contribution in [2.45, 2.75) is 32.9 Å². The molecule has 2 heterocycles. The Balaban J connectivity index is 1.87. The monoisotopic (exact) mass is 253 g/mol. The Labute approximate surface area is 104 Å². The molecule has 0 spiro atoms. The largest absolute Gasteiger partial charge is 0.303 e. The summed E-state index contributed by atoms with van der Waals surface area (Å²) in [5.74, 6) is 0. The number of thiazole rings is 2. The molecule has 2 aromatic heterocycles. The van der Waals surface area contributed by atoms with Crippen LogP contribution in [0.1, 0.15) is 36.3 Å². The van der Waals surface area contributed by atoms with Crippen LogP contribution in [0.25, 0.3) is 0 Å². The molecule has 1 unspecified atom stereocenters. The van der Waals surface area contributed by atoms with E-state index in [2.05, 4.69) is 39.9 Å². The summed E-state index contributed by atoms with van der Waals surface area (Å²) in [5.41, 5.74) is 4.10. The zero-order chi connectivity index (χ0) is 11.4. The lowest BCUT2D eigenvalue weighted by Gasteiger charge is -2.09. The molecule has 0 bridgehead atoms. The summed E-state index contributed by atoms with van der Waals surface area (Å²) >= 11 is 3.37. The van der Waals surface area contributed by atoms with E-state index in [0.29, 0.717) is 0 Å². The minimum Gasteiger partial charge on any atom is -0.303 e. The van der Waals surface area contributed by atoms with Crippen molar-refractivity contribution in [1.82, 2.24) is 15.3 Å². The number of nitrogens with one attached hydrogen (secondary N) is 1. The molecule has 2 rings (SSSR count). The Morgan fingerprint density at radius 2 is 2.31 bits per heavy atom. The molecule has 0 saturated heterocycles. The fourth-order valence-corrected chi connectivity index (χ4v) is 2.78. The second-order valence-electron chi connectivity index (χ2n) is 3.60. The van der Waals surface area contributed by atoms with Crippen molar-refractivity contribution in [2.75, 3.05) is 0 Å². The standard InChI is InChI=1S/C11H15N3S2/c1-3-11-14-9(5-16-11)4-12-8(2)10-6-15-7-13-10/h5-8,12H,3-4H2,1-2H3. The van der Waals surface area contributed by atoms with Gasteiger partial charge < -0.3 is 5.32 Å². The van der Waals surface area contributed by atoms with Gasteiger partial charge >= 0.3 is 0 Å². The Morgan fingerprint density at radius 1 is 1.44 bits per heavy atom. The summed E-state index contributed by atoms with van der Waals surface area (Å²) < 4.78 is 0. The molecular weight excluding hydrogens is 238 g/mol. The van der Waals surface area contributed by atoms with Crippen LogP contribution in [0.4, 0.5) is 0 Å². The second-order valence-corrected chi connectivity index (χ2v) is 5.26. The molecular formula is C11H15N3S2. The topological polar surface area (TPSA) is 37.8 Å². The van der Waals surface area contributed by atoms with Crippen molar-refractivity contribution in [3.05, 3.63) is 32.7 Å². The fourth-order valence-electron chi connectivity index (χ4n) is 1.39. The maximum atomic E-state index is 4.52. The molecule has 0 fully saturated rings. The van der Waals surface area contributed by atoms with E-state index >= 15 is 0 Å². The number of nitrogens with zero attached hydrogens (tertiary/aromatic N) is 2. The number of aryl methyl sites for hydroxylation is 1. The molecule has 1 N–H and O–H groups in total. The van der Waals surface area contributed by atoms with Gasteiger partial charge in [0.1, 0.15) is 0 Å². The average molecular weight is 253 g/mol. The molecule has 0 amide bonds. The number of hydrogen-bond donors (Lipinski definition) is 1. The van der Waals surface area contributed by atoms with Crippen LogP contribution in [0.3, 0.4) is 0 Å². The van der Waals surface area contributed by atoms with E-state index < -0.39 is 0 Å². The highest BCUT2D eigenvalue weighted by Crippen LogP contribution is 2.14. The number of hydrogen-bond acceptors (Lipinski definition) is 5. The highest BCUT2D eigenvalue weighted by molar-refractivity contribution is 7.09.